The monoisotopic (exact) mass is 298 g/mol. The van der Waals surface area contributed by atoms with Crippen LogP contribution in [0.2, 0.25) is 0 Å². The van der Waals surface area contributed by atoms with E-state index in [9.17, 15) is 5.26 Å². The summed E-state index contributed by atoms with van der Waals surface area (Å²) in [5.41, 5.74) is 1.70. The molecular weight excluding hydrogens is 272 g/mol. The van der Waals surface area contributed by atoms with Crippen molar-refractivity contribution in [2.75, 3.05) is 13.6 Å². The first-order valence-electron chi connectivity index (χ1n) is 7.80. The minimum absolute atomic E-state index is 0.00215. The van der Waals surface area contributed by atoms with E-state index < -0.39 is 0 Å². The fourth-order valence-corrected chi connectivity index (χ4v) is 2.39. The molecule has 0 amide bonds. The molecule has 0 heterocycles. The highest BCUT2D eigenvalue weighted by Gasteiger charge is 2.15. The zero-order valence-corrected chi connectivity index (χ0v) is 14.4. The molecule has 0 bridgehead atoms. The Kier molecular flexibility index (Phi) is 9.40. The van der Waals surface area contributed by atoms with Crippen molar-refractivity contribution in [3.8, 4) is 18.2 Å². The molecule has 1 atom stereocenters. The lowest BCUT2D eigenvalue weighted by atomic mass is 9.97. The Balaban J connectivity index is 5.37. The summed E-state index contributed by atoms with van der Waals surface area (Å²) in [5.74, 6) is 0.593. The van der Waals surface area contributed by atoms with E-state index in [0.29, 0.717) is 17.1 Å². The van der Waals surface area contributed by atoms with E-state index in [-0.39, 0.29) is 5.57 Å². The number of nitriles is 3. The SMILES string of the molecule is CCCCC(CC)CN(C)/C(C)=C(\C#N)C(C)=C(C#N)C#N. The van der Waals surface area contributed by atoms with Crippen LogP contribution in [0.5, 0.6) is 0 Å². The highest BCUT2D eigenvalue weighted by atomic mass is 15.1. The number of unbranched alkanes of at least 4 members (excludes halogenated alkanes) is 1. The van der Waals surface area contributed by atoms with Crippen molar-refractivity contribution >= 4 is 0 Å². The molecule has 0 aromatic heterocycles. The fourth-order valence-electron chi connectivity index (χ4n) is 2.39. The zero-order valence-electron chi connectivity index (χ0n) is 14.4. The quantitative estimate of drug-likeness (QED) is 0.494. The zero-order chi connectivity index (χ0) is 17.1. The Bertz CT molecular complexity index is 533. The number of hydrogen-bond acceptors (Lipinski definition) is 4. The second-order valence-corrected chi connectivity index (χ2v) is 5.59. The van der Waals surface area contributed by atoms with Crippen LogP contribution in [-0.4, -0.2) is 18.5 Å². The third-order valence-corrected chi connectivity index (χ3v) is 4.10. The first kappa shape index (κ1) is 19.8. The average molecular weight is 298 g/mol. The Hall–Kier alpha value is -2.25. The normalized spacial score (nSPS) is 12.3. The molecular formula is C18H26N4. The highest BCUT2D eigenvalue weighted by Crippen LogP contribution is 2.22. The van der Waals surface area contributed by atoms with Gasteiger partial charge in [-0.25, -0.2) is 0 Å². The molecule has 118 valence electrons. The van der Waals surface area contributed by atoms with Crippen LogP contribution in [0.4, 0.5) is 0 Å². The molecule has 0 saturated heterocycles. The molecule has 4 nitrogen and oxygen atoms in total. The maximum Gasteiger partial charge on any atom is 0.133 e. The summed E-state index contributed by atoms with van der Waals surface area (Å²) in [4.78, 5) is 2.07. The number of allylic oxidation sites excluding steroid dienone is 4. The maximum atomic E-state index is 9.40. The summed E-state index contributed by atoms with van der Waals surface area (Å²) < 4.78 is 0. The molecule has 0 aromatic carbocycles. The summed E-state index contributed by atoms with van der Waals surface area (Å²) in [6.45, 7) is 8.80. The molecule has 0 N–H and O–H groups in total. The minimum Gasteiger partial charge on any atom is -0.377 e. The van der Waals surface area contributed by atoms with Gasteiger partial charge in [-0.15, -0.1) is 0 Å². The number of nitrogens with zero attached hydrogens (tertiary/aromatic N) is 4. The van der Waals surface area contributed by atoms with E-state index in [1.54, 1.807) is 6.92 Å². The van der Waals surface area contributed by atoms with Crippen LogP contribution in [0.1, 0.15) is 53.4 Å². The fraction of sp³-hybridized carbons (Fsp3) is 0.611. The van der Waals surface area contributed by atoms with Crippen molar-refractivity contribution < 1.29 is 0 Å². The van der Waals surface area contributed by atoms with Gasteiger partial charge in [-0.05, 0) is 31.8 Å². The molecule has 0 aliphatic carbocycles. The van der Waals surface area contributed by atoms with E-state index in [2.05, 4.69) is 24.8 Å². The molecule has 0 rings (SSSR count). The molecule has 0 aromatic rings. The molecule has 0 saturated carbocycles. The maximum absolute atomic E-state index is 9.40. The van der Waals surface area contributed by atoms with Crippen LogP contribution in [0.25, 0.3) is 0 Å². The lowest BCUT2D eigenvalue weighted by Crippen LogP contribution is -2.25. The summed E-state index contributed by atoms with van der Waals surface area (Å²) >= 11 is 0. The Morgan fingerprint density at radius 1 is 1.05 bits per heavy atom. The Morgan fingerprint density at radius 3 is 2.05 bits per heavy atom. The minimum atomic E-state index is 0.00215. The molecule has 0 spiro atoms. The molecule has 1 unspecified atom stereocenters. The summed E-state index contributed by atoms with van der Waals surface area (Å²) in [5, 5.41) is 27.3. The largest absolute Gasteiger partial charge is 0.377 e. The topological polar surface area (TPSA) is 74.6 Å². The van der Waals surface area contributed by atoms with Gasteiger partial charge in [0.1, 0.15) is 23.8 Å². The van der Waals surface area contributed by atoms with Gasteiger partial charge in [0, 0.05) is 19.3 Å². The van der Waals surface area contributed by atoms with Gasteiger partial charge in [-0.2, -0.15) is 15.8 Å². The molecule has 0 radical (unpaired) electrons. The van der Waals surface area contributed by atoms with Crippen molar-refractivity contribution in [2.45, 2.75) is 53.4 Å². The van der Waals surface area contributed by atoms with E-state index in [0.717, 1.165) is 18.7 Å². The third-order valence-electron chi connectivity index (χ3n) is 4.10. The van der Waals surface area contributed by atoms with E-state index in [1.165, 1.54) is 19.3 Å². The third kappa shape index (κ3) is 5.63. The van der Waals surface area contributed by atoms with E-state index in [1.807, 2.05) is 26.1 Å². The summed E-state index contributed by atoms with van der Waals surface area (Å²) in [7, 11) is 1.97. The predicted octanol–water partition coefficient (Wildman–Crippen LogP) is 4.30. The van der Waals surface area contributed by atoms with Gasteiger partial charge < -0.3 is 4.90 Å². The lowest BCUT2D eigenvalue weighted by Gasteiger charge is -2.26. The Morgan fingerprint density at radius 2 is 1.64 bits per heavy atom. The molecule has 0 aliphatic heterocycles. The van der Waals surface area contributed by atoms with Crippen molar-refractivity contribution in [3.63, 3.8) is 0 Å². The van der Waals surface area contributed by atoms with Crippen LogP contribution in [0.15, 0.2) is 22.4 Å². The van der Waals surface area contributed by atoms with Crippen LogP contribution in [-0.2, 0) is 0 Å². The van der Waals surface area contributed by atoms with Gasteiger partial charge in [-0.3, -0.25) is 0 Å². The molecule has 22 heavy (non-hydrogen) atoms. The summed E-state index contributed by atoms with van der Waals surface area (Å²) in [6.07, 6.45) is 4.69. The van der Waals surface area contributed by atoms with Gasteiger partial charge in [-0.1, -0.05) is 33.1 Å². The van der Waals surface area contributed by atoms with Gasteiger partial charge in [0.15, 0.2) is 0 Å². The second-order valence-electron chi connectivity index (χ2n) is 5.59. The predicted molar refractivity (Wildman–Crippen MR) is 88.2 cm³/mol. The van der Waals surface area contributed by atoms with Crippen LogP contribution >= 0.6 is 0 Å². The number of hydrogen-bond donors (Lipinski definition) is 0. The number of rotatable bonds is 8. The average Bonchev–Trinajstić information content (AvgIpc) is 2.52. The first-order valence-corrected chi connectivity index (χ1v) is 7.80. The van der Waals surface area contributed by atoms with Crippen molar-refractivity contribution in [3.05, 3.63) is 22.4 Å². The van der Waals surface area contributed by atoms with Gasteiger partial charge in [0.2, 0.25) is 0 Å². The Labute approximate surface area is 135 Å². The van der Waals surface area contributed by atoms with Gasteiger partial charge in [0.05, 0.1) is 5.57 Å². The molecule has 4 heteroatoms. The van der Waals surface area contributed by atoms with Crippen LogP contribution in [0.3, 0.4) is 0 Å². The second kappa shape index (κ2) is 10.5. The van der Waals surface area contributed by atoms with E-state index >= 15 is 0 Å². The molecule has 0 aliphatic rings. The highest BCUT2D eigenvalue weighted by molar-refractivity contribution is 5.54. The lowest BCUT2D eigenvalue weighted by molar-refractivity contribution is 0.306. The molecule has 0 fully saturated rings. The van der Waals surface area contributed by atoms with E-state index in [4.69, 9.17) is 10.5 Å². The van der Waals surface area contributed by atoms with Crippen LogP contribution < -0.4 is 0 Å². The van der Waals surface area contributed by atoms with Crippen molar-refractivity contribution in [1.29, 1.82) is 15.8 Å². The van der Waals surface area contributed by atoms with Crippen LogP contribution in [0, 0.1) is 39.9 Å². The van der Waals surface area contributed by atoms with Gasteiger partial charge in [0.25, 0.3) is 0 Å². The van der Waals surface area contributed by atoms with Crippen molar-refractivity contribution in [2.24, 2.45) is 5.92 Å². The first-order chi connectivity index (χ1) is 10.5. The smallest absolute Gasteiger partial charge is 0.133 e. The summed E-state index contributed by atoms with van der Waals surface area (Å²) in [6, 6.07) is 5.85. The standard InChI is InChI=1S/C18H26N4/c1-6-8-9-16(7-2)13-22(5)15(4)18(12-21)14(3)17(10-19)11-20/h16H,6-9,13H2,1-5H3/b18-15+. The van der Waals surface area contributed by atoms with Crippen molar-refractivity contribution in [1.82, 2.24) is 4.90 Å². The van der Waals surface area contributed by atoms with Gasteiger partial charge >= 0.3 is 0 Å².